The van der Waals surface area contributed by atoms with Crippen LogP contribution in [0.1, 0.15) is 26.0 Å². The van der Waals surface area contributed by atoms with Crippen molar-refractivity contribution in [3.05, 3.63) is 30.0 Å². The number of methoxy groups -OCH3 is 1. The second-order valence-electron chi connectivity index (χ2n) is 5.82. The Bertz CT molecular complexity index is 576. The van der Waals surface area contributed by atoms with Crippen LogP contribution < -0.4 is 11.3 Å². The lowest BCUT2D eigenvalue weighted by Crippen LogP contribution is -2.42. The third-order valence-corrected chi connectivity index (χ3v) is 3.80. The Morgan fingerprint density at radius 3 is 2.75 bits per heavy atom. The molecule has 0 bridgehead atoms. The largest absolute Gasteiger partial charge is 0.379 e. The van der Waals surface area contributed by atoms with Crippen LogP contribution in [0.15, 0.2) is 24.3 Å². The van der Waals surface area contributed by atoms with E-state index in [4.69, 9.17) is 10.6 Å². The maximum absolute atomic E-state index is 5.69. The summed E-state index contributed by atoms with van der Waals surface area (Å²) < 4.78 is 7.40. The number of benzene rings is 1. The standard InChI is InChI=1S/C15H24N4O/c1-15(2,20-4)10-11(17-16)9-13-12-7-5-6-8-14(12)19(3)18-13/h5-8,11,17H,9-10,16H2,1-4H3. The van der Waals surface area contributed by atoms with Gasteiger partial charge in [-0.1, -0.05) is 18.2 Å². The van der Waals surface area contributed by atoms with Crippen LogP contribution >= 0.6 is 0 Å². The fourth-order valence-corrected chi connectivity index (χ4v) is 2.54. The highest BCUT2D eigenvalue weighted by atomic mass is 16.5. The van der Waals surface area contributed by atoms with E-state index in [1.807, 2.05) is 23.9 Å². The van der Waals surface area contributed by atoms with Gasteiger partial charge in [0.2, 0.25) is 0 Å². The minimum Gasteiger partial charge on any atom is -0.379 e. The van der Waals surface area contributed by atoms with Gasteiger partial charge in [0.25, 0.3) is 0 Å². The molecule has 0 amide bonds. The molecule has 20 heavy (non-hydrogen) atoms. The number of aromatic nitrogens is 2. The molecule has 110 valence electrons. The predicted octanol–water partition coefficient (Wildman–Crippen LogP) is 1.76. The first-order valence-corrected chi connectivity index (χ1v) is 6.89. The van der Waals surface area contributed by atoms with E-state index >= 15 is 0 Å². The van der Waals surface area contributed by atoms with Crippen LogP contribution in [0.2, 0.25) is 0 Å². The minimum absolute atomic E-state index is 0.128. The third-order valence-electron chi connectivity index (χ3n) is 3.80. The van der Waals surface area contributed by atoms with E-state index in [2.05, 4.69) is 36.5 Å². The van der Waals surface area contributed by atoms with Crippen molar-refractivity contribution in [2.24, 2.45) is 12.9 Å². The lowest BCUT2D eigenvalue weighted by molar-refractivity contribution is 0.00705. The number of hydrazine groups is 1. The first-order valence-electron chi connectivity index (χ1n) is 6.89. The van der Waals surface area contributed by atoms with Gasteiger partial charge in [-0.2, -0.15) is 5.10 Å². The van der Waals surface area contributed by atoms with Crippen LogP contribution in [0.5, 0.6) is 0 Å². The molecule has 5 nitrogen and oxygen atoms in total. The zero-order valence-corrected chi connectivity index (χ0v) is 12.7. The van der Waals surface area contributed by atoms with Crippen LogP contribution in [0.4, 0.5) is 0 Å². The van der Waals surface area contributed by atoms with Crippen LogP contribution in [0.25, 0.3) is 10.9 Å². The Labute approximate surface area is 120 Å². The van der Waals surface area contributed by atoms with Gasteiger partial charge in [0, 0.05) is 32.0 Å². The highest BCUT2D eigenvalue weighted by molar-refractivity contribution is 5.81. The lowest BCUT2D eigenvalue weighted by Gasteiger charge is -2.27. The SMILES string of the molecule is COC(C)(C)CC(Cc1nn(C)c2ccccc12)NN. The highest BCUT2D eigenvalue weighted by Crippen LogP contribution is 2.22. The van der Waals surface area contributed by atoms with E-state index in [1.54, 1.807) is 7.11 Å². The van der Waals surface area contributed by atoms with Crippen molar-refractivity contribution in [3.63, 3.8) is 0 Å². The van der Waals surface area contributed by atoms with Gasteiger partial charge in [0.15, 0.2) is 0 Å². The average Bonchev–Trinajstić information content (AvgIpc) is 2.75. The number of nitrogens with one attached hydrogen (secondary N) is 1. The summed E-state index contributed by atoms with van der Waals surface area (Å²) in [4.78, 5) is 0. The number of ether oxygens (including phenoxy) is 1. The van der Waals surface area contributed by atoms with Crippen LogP contribution in [0.3, 0.4) is 0 Å². The predicted molar refractivity (Wildman–Crippen MR) is 81.2 cm³/mol. The molecule has 0 aliphatic rings. The zero-order valence-electron chi connectivity index (χ0n) is 12.7. The van der Waals surface area contributed by atoms with Gasteiger partial charge in [0.1, 0.15) is 0 Å². The van der Waals surface area contributed by atoms with Gasteiger partial charge in [0.05, 0.1) is 16.8 Å². The summed E-state index contributed by atoms with van der Waals surface area (Å²) in [5.41, 5.74) is 4.89. The summed E-state index contributed by atoms with van der Waals surface area (Å²) in [6, 6.07) is 8.38. The number of nitrogens with zero attached hydrogens (tertiary/aromatic N) is 2. The second kappa shape index (κ2) is 5.91. The molecule has 3 N–H and O–H groups in total. The molecule has 5 heteroatoms. The molecule has 0 spiro atoms. The Balaban J connectivity index is 2.22. The van der Waals surface area contributed by atoms with Gasteiger partial charge in [-0.15, -0.1) is 0 Å². The summed E-state index contributed by atoms with van der Waals surface area (Å²) in [7, 11) is 3.69. The van der Waals surface area contributed by atoms with Crippen molar-refractivity contribution in [3.8, 4) is 0 Å². The lowest BCUT2D eigenvalue weighted by atomic mass is 9.95. The van der Waals surface area contributed by atoms with E-state index in [0.29, 0.717) is 0 Å². The fraction of sp³-hybridized carbons (Fsp3) is 0.533. The molecule has 0 fully saturated rings. The van der Waals surface area contributed by atoms with Crippen molar-refractivity contribution in [2.75, 3.05) is 7.11 Å². The summed E-state index contributed by atoms with van der Waals surface area (Å²) >= 11 is 0. The Morgan fingerprint density at radius 1 is 1.40 bits per heavy atom. The highest BCUT2D eigenvalue weighted by Gasteiger charge is 2.23. The van der Waals surface area contributed by atoms with E-state index in [9.17, 15) is 0 Å². The molecular weight excluding hydrogens is 252 g/mol. The number of hydrogen-bond acceptors (Lipinski definition) is 4. The first kappa shape index (κ1) is 15.0. The molecule has 0 radical (unpaired) electrons. The maximum atomic E-state index is 5.69. The third kappa shape index (κ3) is 3.17. The number of para-hydroxylation sites is 1. The Hall–Kier alpha value is -1.43. The Kier molecular flexibility index (Phi) is 4.42. The molecular formula is C15H24N4O. The van der Waals surface area contributed by atoms with Crippen molar-refractivity contribution in [2.45, 2.75) is 38.3 Å². The number of rotatable bonds is 6. The van der Waals surface area contributed by atoms with Gasteiger partial charge >= 0.3 is 0 Å². The van der Waals surface area contributed by atoms with E-state index in [-0.39, 0.29) is 11.6 Å². The van der Waals surface area contributed by atoms with Crippen molar-refractivity contribution in [1.29, 1.82) is 0 Å². The molecule has 1 atom stereocenters. The molecule has 1 heterocycles. The summed E-state index contributed by atoms with van der Waals surface area (Å²) in [5.74, 6) is 5.69. The van der Waals surface area contributed by atoms with Crippen molar-refractivity contribution < 1.29 is 4.74 Å². The molecule has 1 aromatic carbocycles. The molecule has 0 aliphatic carbocycles. The number of aryl methyl sites for hydroxylation is 1. The molecule has 1 unspecified atom stereocenters. The normalized spacial score (nSPS) is 13.8. The van der Waals surface area contributed by atoms with Gasteiger partial charge < -0.3 is 4.74 Å². The number of nitrogens with two attached hydrogens (primary N) is 1. The average molecular weight is 276 g/mol. The topological polar surface area (TPSA) is 65.1 Å². The van der Waals surface area contributed by atoms with E-state index < -0.39 is 0 Å². The van der Waals surface area contributed by atoms with Crippen molar-refractivity contribution >= 4 is 10.9 Å². The minimum atomic E-state index is -0.207. The smallest absolute Gasteiger partial charge is 0.0719 e. The molecule has 1 aromatic heterocycles. The van der Waals surface area contributed by atoms with Crippen LogP contribution in [-0.2, 0) is 18.2 Å². The molecule has 0 aliphatic heterocycles. The molecule has 2 aromatic rings. The van der Waals surface area contributed by atoms with Crippen molar-refractivity contribution in [1.82, 2.24) is 15.2 Å². The maximum Gasteiger partial charge on any atom is 0.0719 e. The summed E-state index contributed by atoms with van der Waals surface area (Å²) in [5, 5.41) is 5.80. The van der Waals surface area contributed by atoms with E-state index in [0.717, 1.165) is 24.1 Å². The van der Waals surface area contributed by atoms with Crippen LogP contribution in [0, 0.1) is 0 Å². The zero-order chi connectivity index (χ0) is 14.8. The quantitative estimate of drug-likeness (QED) is 0.623. The number of hydrogen-bond donors (Lipinski definition) is 2. The van der Waals surface area contributed by atoms with E-state index in [1.165, 1.54) is 5.39 Å². The van der Waals surface area contributed by atoms with Gasteiger partial charge in [-0.3, -0.25) is 16.0 Å². The number of fused-ring (bicyclic) bond motifs is 1. The Morgan fingerprint density at radius 2 is 2.10 bits per heavy atom. The van der Waals surface area contributed by atoms with Crippen LogP contribution in [-0.4, -0.2) is 28.5 Å². The second-order valence-corrected chi connectivity index (χ2v) is 5.82. The van der Waals surface area contributed by atoms with Gasteiger partial charge in [-0.25, -0.2) is 0 Å². The molecule has 0 saturated carbocycles. The molecule has 0 saturated heterocycles. The monoisotopic (exact) mass is 276 g/mol. The summed E-state index contributed by atoms with van der Waals surface area (Å²) in [6.45, 7) is 4.13. The fourth-order valence-electron chi connectivity index (χ4n) is 2.54. The molecule has 2 rings (SSSR count). The first-order chi connectivity index (χ1) is 9.46. The summed E-state index contributed by atoms with van der Waals surface area (Å²) in [6.07, 6.45) is 1.61. The van der Waals surface area contributed by atoms with Gasteiger partial charge in [-0.05, 0) is 26.3 Å².